The number of nitrogens with two attached hydrogens (primary N) is 1. The van der Waals surface area contributed by atoms with Gasteiger partial charge in [-0.25, -0.2) is 4.39 Å². The van der Waals surface area contributed by atoms with Crippen LogP contribution in [-0.2, 0) is 4.79 Å². The third-order valence-electron chi connectivity index (χ3n) is 1.98. The topological polar surface area (TPSA) is 55.1 Å². The Balaban J connectivity index is 2.68. The SMILES string of the molecule is NC1C(=O)Nc2c(F)ccc(Cl)c21. The zero-order valence-electron chi connectivity index (χ0n) is 6.47. The summed E-state index contributed by atoms with van der Waals surface area (Å²) in [6.45, 7) is 0. The highest BCUT2D eigenvalue weighted by molar-refractivity contribution is 6.32. The van der Waals surface area contributed by atoms with Gasteiger partial charge in [0, 0.05) is 10.6 Å². The number of fused-ring (bicyclic) bond motifs is 1. The third-order valence-corrected chi connectivity index (χ3v) is 2.31. The highest BCUT2D eigenvalue weighted by Gasteiger charge is 2.31. The van der Waals surface area contributed by atoms with E-state index in [1.165, 1.54) is 12.1 Å². The highest BCUT2D eigenvalue weighted by atomic mass is 35.5. The zero-order chi connectivity index (χ0) is 9.59. The molecule has 1 amide bonds. The highest BCUT2D eigenvalue weighted by Crippen LogP contribution is 2.36. The van der Waals surface area contributed by atoms with Gasteiger partial charge in [-0.05, 0) is 12.1 Å². The number of benzene rings is 1. The van der Waals surface area contributed by atoms with Crippen LogP contribution in [0.4, 0.5) is 10.1 Å². The van der Waals surface area contributed by atoms with Crippen LogP contribution >= 0.6 is 11.6 Å². The van der Waals surface area contributed by atoms with E-state index in [-0.39, 0.29) is 5.69 Å². The fourth-order valence-corrected chi connectivity index (χ4v) is 1.61. The van der Waals surface area contributed by atoms with Gasteiger partial charge >= 0.3 is 0 Å². The summed E-state index contributed by atoms with van der Waals surface area (Å²) < 4.78 is 13.1. The summed E-state index contributed by atoms with van der Waals surface area (Å²) in [7, 11) is 0. The van der Waals surface area contributed by atoms with Crippen molar-refractivity contribution in [1.82, 2.24) is 0 Å². The molecule has 2 rings (SSSR count). The maximum absolute atomic E-state index is 13.1. The summed E-state index contributed by atoms with van der Waals surface area (Å²) in [4.78, 5) is 11.1. The van der Waals surface area contributed by atoms with Crippen molar-refractivity contribution in [1.29, 1.82) is 0 Å². The number of rotatable bonds is 0. The van der Waals surface area contributed by atoms with Gasteiger partial charge in [-0.15, -0.1) is 0 Å². The van der Waals surface area contributed by atoms with Gasteiger partial charge in [0.1, 0.15) is 11.9 Å². The largest absolute Gasteiger partial charge is 0.322 e. The number of anilines is 1. The Labute approximate surface area is 78.7 Å². The van der Waals surface area contributed by atoms with Crippen LogP contribution in [0.1, 0.15) is 11.6 Å². The molecule has 5 heteroatoms. The smallest absolute Gasteiger partial charge is 0.246 e. The predicted octanol–water partition coefficient (Wildman–Crippen LogP) is 1.43. The third kappa shape index (κ3) is 1.10. The van der Waals surface area contributed by atoms with Gasteiger partial charge in [-0.3, -0.25) is 4.79 Å². The Kier molecular flexibility index (Phi) is 1.75. The van der Waals surface area contributed by atoms with Crippen LogP contribution in [-0.4, -0.2) is 5.91 Å². The molecule has 1 aliphatic heterocycles. The number of carbonyl (C=O) groups is 1. The van der Waals surface area contributed by atoms with Gasteiger partial charge < -0.3 is 11.1 Å². The summed E-state index contributed by atoms with van der Waals surface area (Å²) in [6, 6.07) is 1.72. The van der Waals surface area contributed by atoms with Crippen molar-refractivity contribution in [2.75, 3.05) is 5.32 Å². The van der Waals surface area contributed by atoms with Crippen LogP contribution < -0.4 is 11.1 Å². The molecule has 1 unspecified atom stereocenters. The van der Waals surface area contributed by atoms with Crippen molar-refractivity contribution in [2.24, 2.45) is 5.73 Å². The first-order valence-corrected chi connectivity index (χ1v) is 4.03. The molecule has 3 nitrogen and oxygen atoms in total. The number of halogens is 2. The lowest BCUT2D eigenvalue weighted by molar-refractivity contribution is -0.116. The van der Waals surface area contributed by atoms with E-state index >= 15 is 0 Å². The summed E-state index contributed by atoms with van der Waals surface area (Å²) in [5, 5.41) is 2.64. The number of hydrogen-bond acceptors (Lipinski definition) is 2. The van der Waals surface area contributed by atoms with Crippen LogP contribution in [0.2, 0.25) is 5.02 Å². The lowest BCUT2D eigenvalue weighted by atomic mass is 10.1. The van der Waals surface area contributed by atoms with Gasteiger partial charge in [0.2, 0.25) is 5.91 Å². The first-order valence-electron chi connectivity index (χ1n) is 3.65. The molecule has 13 heavy (non-hydrogen) atoms. The van der Waals surface area contributed by atoms with Gasteiger partial charge in [0.15, 0.2) is 0 Å². The molecule has 1 aromatic rings. The zero-order valence-corrected chi connectivity index (χ0v) is 7.23. The summed E-state index contributed by atoms with van der Waals surface area (Å²) in [5.41, 5.74) is 5.94. The Hall–Kier alpha value is -1.13. The van der Waals surface area contributed by atoms with Crippen molar-refractivity contribution >= 4 is 23.2 Å². The van der Waals surface area contributed by atoms with E-state index < -0.39 is 17.8 Å². The number of carbonyl (C=O) groups excluding carboxylic acids is 1. The minimum atomic E-state index is -0.863. The Morgan fingerprint density at radius 2 is 2.23 bits per heavy atom. The van der Waals surface area contributed by atoms with Crippen molar-refractivity contribution in [2.45, 2.75) is 6.04 Å². The van der Waals surface area contributed by atoms with Gasteiger partial charge in [-0.1, -0.05) is 11.6 Å². The minimum absolute atomic E-state index is 0.102. The van der Waals surface area contributed by atoms with E-state index in [0.717, 1.165) is 0 Å². The van der Waals surface area contributed by atoms with Crippen molar-refractivity contribution in [3.05, 3.63) is 28.5 Å². The molecule has 0 saturated carbocycles. The molecule has 0 saturated heterocycles. The van der Waals surface area contributed by atoms with Crippen molar-refractivity contribution < 1.29 is 9.18 Å². The first kappa shape index (κ1) is 8.47. The molecule has 1 heterocycles. The summed E-state index contributed by atoms with van der Waals surface area (Å²) in [6.07, 6.45) is 0. The maximum Gasteiger partial charge on any atom is 0.246 e. The molecule has 3 N–H and O–H groups in total. The molecule has 1 aliphatic rings. The Morgan fingerprint density at radius 1 is 1.54 bits per heavy atom. The Bertz CT molecular complexity index is 394. The number of amides is 1. The molecule has 0 radical (unpaired) electrons. The van der Waals surface area contributed by atoms with E-state index in [1.54, 1.807) is 0 Å². The quantitative estimate of drug-likeness (QED) is 0.666. The molecule has 0 fully saturated rings. The monoisotopic (exact) mass is 200 g/mol. The molecule has 1 aromatic carbocycles. The second kappa shape index (κ2) is 2.68. The lowest BCUT2D eigenvalue weighted by Gasteiger charge is -2.03. The van der Waals surface area contributed by atoms with E-state index in [9.17, 15) is 9.18 Å². The fourth-order valence-electron chi connectivity index (χ4n) is 1.33. The van der Waals surface area contributed by atoms with E-state index in [2.05, 4.69) is 5.32 Å². The van der Waals surface area contributed by atoms with Crippen molar-refractivity contribution in [3.63, 3.8) is 0 Å². The normalized spacial score (nSPS) is 19.9. The molecular formula is C8H6ClFN2O. The van der Waals surface area contributed by atoms with Crippen LogP contribution in [0.5, 0.6) is 0 Å². The number of hydrogen-bond donors (Lipinski definition) is 2. The minimum Gasteiger partial charge on any atom is -0.322 e. The first-order chi connectivity index (χ1) is 6.11. The van der Waals surface area contributed by atoms with Crippen LogP contribution in [0, 0.1) is 5.82 Å². The van der Waals surface area contributed by atoms with Gasteiger partial charge in [0.25, 0.3) is 0 Å². The molecule has 1 atom stereocenters. The average molecular weight is 201 g/mol. The molecule has 0 bridgehead atoms. The molecular weight excluding hydrogens is 195 g/mol. The maximum atomic E-state index is 13.1. The van der Waals surface area contributed by atoms with Crippen LogP contribution in [0.25, 0.3) is 0 Å². The lowest BCUT2D eigenvalue weighted by Crippen LogP contribution is -2.19. The van der Waals surface area contributed by atoms with E-state index in [1.807, 2.05) is 0 Å². The summed E-state index contributed by atoms with van der Waals surface area (Å²) >= 11 is 5.76. The fraction of sp³-hybridized carbons (Fsp3) is 0.125. The molecule has 0 spiro atoms. The van der Waals surface area contributed by atoms with Gasteiger partial charge in [-0.2, -0.15) is 0 Å². The Morgan fingerprint density at radius 3 is 2.85 bits per heavy atom. The van der Waals surface area contributed by atoms with Crippen molar-refractivity contribution in [3.8, 4) is 0 Å². The van der Waals surface area contributed by atoms with Crippen LogP contribution in [0.3, 0.4) is 0 Å². The molecule has 68 valence electrons. The molecule has 0 aliphatic carbocycles. The number of nitrogens with one attached hydrogen (secondary N) is 1. The van der Waals surface area contributed by atoms with E-state index in [4.69, 9.17) is 17.3 Å². The summed E-state index contributed by atoms with van der Waals surface area (Å²) in [5.74, 6) is -0.942. The second-order valence-electron chi connectivity index (χ2n) is 2.78. The standard InChI is InChI=1S/C8H6ClFN2O/c9-3-1-2-4(10)7-5(3)6(11)8(13)12-7/h1-2,6H,11H2,(H,12,13). The van der Waals surface area contributed by atoms with Gasteiger partial charge in [0.05, 0.1) is 5.69 Å². The molecule has 0 aromatic heterocycles. The van der Waals surface area contributed by atoms with Crippen LogP contribution in [0.15, 0.2) is 12.1 Å². The average Bonchev–Trinajstić information content (AvgIpc) is 2.38. The van der Waals surface area contributed by atoms with E-state index in [0.29, 0.717) is 10.6 Å². The predicted molar refractivity (Wildman–Crippen MR) is 47.0 cm³/mol. The second-order valence-corrected chi connectivity index (χ2v) is 3.19.